The molecule has 3 unspecified atom stereocenters. The number of aromatic nitrogens is 4. The van der Waals surface area contributed by atoms with E-state index in [-0.39, 0.29) is 5.28 Å². The molecule has 3 saturated carbocycles. The van der Waals surface area contributed by atoms with Crippen molar-refractivity contribution in [3.63, 3.8) is 0 Å². The first-order valence-electron chi connectivity index (χ1n) is 9.75. The van der Waals surface area contributed by atoms with Crippen LogP contribution in [-0.4, -0.2) is 26.5 Å². The largest absolute Gasteiger partial charge is 0.354 e. The summed E-state index contributed by atoms with van der Waals surface area (Å²) in [5, 5.41) is 6.82. The van der Waals surface area contributed by atoms with Crippen LogP contribution >= 0.6 is 22.9 Å². The summed E-state index contributed by atoms with van der Waals surface area (Å²) in [6.45, 7) is 5.72. The lowest BCUT2D eigenvalue weighted by atomic mass is 9.45. The molecule has 1 aromatic carbocycles. The fourth-order valence-electron chi connectivity index (χ4n) is 4.98. The van der Waals surface area contributed by atoms with Crippen LogP contribution in [0.3, 0.4) is 0 Å². The molecule has 28 heavy (non-hydrogen) atoms. The van der Waals surface area contributed by atoms with Gasteiger partial charge in [0.15, 0.2) is 0 Å². The Morgan fingerprint density at radius 1 is 1.18 bits per heavy atom. The zero-order chi connectivity index (χ0) is 19.3. The van der Waals surface area contributed by atoms with Gasteiger partial charge in [-0.15, -0.1) is 11.3 Å². The molecule has 146 valence electrons. The van der Waals surface area contributed by atoms with E-state index in [4.69, 9.17) is 11.6 Å². The molecule has 3 aromatic rings. The van der Waals surface area contributed by atoms with Crippen LogP contribution in [0, 0.1) is 23.2 Å². The van der Waals surface area contributed by atoms with Gasteiger partial charge in [0.2, 0.25) is 17.2 Å². The molecule has 3 aliphatic carbocycles. The Morgan fingerprint density at radius 3 is 2.86 bits per heavy atom. The molecule has 3 fully saturated rings. The highest BCUT2D eigenvalue weighted by atomic mass is 35.5. The lowest BCUT2D eigenvalue weighted by molar-refractivity contribution is -0.100. The highest BCUT2D eigenvalue weighted by Crippen LogP contribution is 2.61. The molecule has 8 heteroatoms. The lowest BCUT2D eigenvalue weighted by Gasteiger charge is -2.60. The van der Waals surface area contributed by atoms with Crippen LogP contribution in [0.4, 0.5) is 17.6 Å². The van der Waals surface area contributed by atoms with Crippen molar-refractivity contribution >= 4 is 50.7 Å². The van der Waals surface area contributed by atoms with E-state index >= 15 is 0 Å². The summed E-state index contributed by atoms with van der Waals surface area (Å²) >= 11 is 7.75. The molecule has 0 spiro atoms. The van der Waals surface area contributed by atoms with Gasteiger partial charge in [-0.1, -0.05) is 13.8 Å². The summed E-state index contributed by atoms with van der Waals surface area (Å²) in [7, 11) is 0. The number of hydrogen-bond acceptors (Lipinski definition) is 7. The predicted molar refractivity (Wildman–Crippen MR) is 114 cm³/mol. The number of nitrogens with zero attached hydrogens (tertiary/aromatic N) is 4. The maximum Gasteiger partial charge on any atom is 0.233 e. The minimum atomic E-state index is 0.187. The summed E-state index contributed by atoms with van der Waals surface area (Å²) in [6.07, 6.45) is 3.98. The molecule has 2 aromatic heterocycles. The third-order valence-corrected chi connectivity index (χ3v) is 7.68. The Labute approximate surface area is 173 Å². The molecule has 2 bridgehead atoms. The van der Waals surface area contributed by atoms with Gasteiger partial charge in [-0.25, -0.2) is 4.98 Å². The van der Waals surface area contributed by atoms with E-state index < -0.39 is 0 Å². The average molecular weight is 415 g/mol. The standard InChI is InChI=1S/C20H23ClN6S/c1-20(2)12-4-3-11(14(20)7-12)9-22-18-25-17(21)26-19(27-18)24-13-5-6-15-16(8-13)28-10-23-15/h5-6,8,10-12,14H,3-4,7,9H2,1-2H3,(H2,22,24,25,26,27). The minimum absolute atomic E-state index is 0.187. The molecule has 2 N–H and O–H groups in total. The summed E-state index contributed by atoms with van der Waals surface area (Å²) in [5.41, 5.74) is 4.20. The highest BCUT2D eigenvalue weighted by Gasteiger charge is 2.53. The van der Waals surface area contributed by atoms with Crippen molar-refractivity contribution < 1.29 is 0 Å². The Hall–Kier alpha value is -1.99. The van der Waals surface area contributed by atoms with E-state index in [0.29, 0.717) is 23.2 Å². The number of rotatable bonds is 5. The monoisotopic (exact) mass is 414 g/mol. The Bertz CT molecular complexity index is 1020. The van der Waals surface area contributed by atoms with Gasteiger partial charge in [-0.2, -0.15) is 15.0 Å². The van der Waals surface area contributed by atoms with Crippen molar-refractivity contribution in [3.8, 4) is 0 Å². The van der Waals surface area contributed by atoms with Crippen LogP contribution in [0.15, 0.2) is 23.7 Å². The van der Waals surface area contributed by atoms with Crippen LogP contribution in [0.2, 0.25) is 5.28 Å². The van der Waals surface area contributed by atoms with Crippen LogP contribution < -0.4 is 10.6 Å². The van der Waals surface area contributed by atoms with Crippen molar-refractivity contribution in [2.75, 3.05) is 17.2 Å². The third kappa shape index (κ3) is 3.20. The first kappa shape index (κ1) is 18.1. The van der Waals surface area contributed by atoms with Gasteiger partial charge in [0, 0.05) is 12.2 Å². The predicted octanol–water partition coefficient (Wildman–Crippen LogP) is 5.36. The van der Waals surface area contributed by atoms with Crippen molar-refractivity contribution in [1.82, 2.24) is 19.9 Å². The molecule has 0 saturated heterocycles. The summed E-state index contributed by atoms with van der Waals surface area (Å²) in [5.74, 6) is 3.34. The minimum Gasteiger partial charge on any atom is -0.354 e. The number of nitrogens with one attached hydrogen (secondary N) is 2. The SMILES string of the molecule is CC1(C)C2CCC(CNc3nc(Cl)nc(Nc4ccc5ncsc5c4)n3)C1C2. The highest BCUT2D eigenvalue weighted by molar-refractivity contribution is 7.16. The van der Waals surface area contributed by atoms with Gasteiger partial charge >= 0.3 is 0 Å². The number of fused-ring (bicyclic) bond motifs is 3. The van der Waals surface area contributed by atoms with E-state index in [1.54, 1.807) is 11.3 Å². The number of hydrogen-bond donors (Lipinski definition) is 2. The Morgan fingerprint density at radius 2 is 2.04 bits per heavy atom. The second-order valence-electron chi connectivity index (χ2n) is 8.49. The van der Waals surface area contributed by atoms with Gasteiger partial charge in [-0.3, -0.25) is 0 Å². The average Bonchev–Trinajstić information content (AvgIpc) is 3.14. The van der Waals surface area contributed by atoms with Gasteiger partial charge in [0.25, 0.3) is 0 Å². The number of thiazole rings is 1. The van der Waals surface area contributed by atoms with Crippen molar-refractivity contribution in [3.05, 3.63) is 29.0 Å². The van der Waals surface area contributed by atoms with E-state index in [9.17, 15) is 0 Å². The fraction of sp³-hybridized carbons (Fsp3) is 0.500. The number of anilines is 3. The normalized spacial score (nSPS) is 25.3. The summed E-state index contributed by atoms with van der Waals surface area (Å²) < 4.78 is 1.11. The quantitative estimate of drug-likeness (QED) is 0.585. The number of halogens is 1. The van der Waals surface area contributed by atoms with Crippen LogP contribution in [0.1, 0.15) is 33.1 Å². The zero-order valence-corrected chi connectivity index (χ0v) is 17.5. The van der Waals surface area contributed by atoms with Crippen molar-refractivity contribution in [2.24, 2.45) is 23.2 Å². The zero-order valence-electron chi connectivity index (χ0n) is 15.9. The van der Waals surface area contributed by atoms with Crippen LogP contribution in [0.25, 0.3) is 10.2 Å². The molecule has 0 aliphatic heterocycles. The van der Waals surface area contributed by atoms with E-state index in [1.165, 1.54) is 19.3 Å². The van der Waals surface area contributed by atoms with Gasteiger partial charge in [0.05, 0.1) is 15.7 Å². The molecule has 6 rings (SSSR count). The summed E-state index contributed by atoms with van der Waals surface area (Å²) in [4.78, 5) is 17.3. The number of benzene rings is 1. The van der Waals surface area contributed by atoms with Crippen molar-refractivity contribution in [2.45, 2.75) is 33.1 Å². The van der Waals surface area contributed by atoms with Gasteiger partial charge in [-0.05, 0) is 72.2 Å². The van der Waals surface area contributed by atoms with Crippen LogP contribution in [-0.2, 0) is 0 Å². The summed E-state index contributed by atoms with van der Waals surface area (Å²) in [6, 6.07) is 5.98. The van der Waals surface area contributed by atoms with Crippen LogP contribution in [0.5, 0.6) is 0 Å². The van der Waals surface area contributed by atoms with Gasteiger partial charge in [0.1, 0.15) is 0 Å². The maximum absolute atomic E-state index is 6.15. The molecule has 6 nitrogen and oxygen atoms in total. The van der Waals surface area contributed by atoms with E-state index in [0.717, 1.165) is 34.3 Å². The third-order valence-electron chi connectivity index (χ3n) is 6.72. The second-order valence-corrected chi connectivity index (χ2v) is 9.71. The molecule has 3 atom stereocenters. The van der Waals surface area contributed by atoms with Gasteiger partial charge < -0.3 is 10.6 Å². The second kappa shape index (κ2) is 6.81. The molecule has 0 amide bonds. The molecular weight excluding hydrogens is 392 g/mol. The molecular formula is C20H23ClN6S. The lowest BCUT2D eigenvalue weighted by Crippen LogP contribution is -2.53. The molecule has 0 radical (unpaired) electrons. The topological polar surface area (TPSA) is 75.6 Å². The molecule has 3 aliphatic rings. The maximum atomic E-state index is 6.15. The van der Waals surface area contributed by atoms with Crippen molar-refractivity contribution in [1.29, 1.82) is 0 Å². The fourth-order valence-corrected chi connectivity index (χ4v) is 5.85. The Kier molecular flexibility index (Phi) is 4.39. The first-order valence-corrected chi connectivity index (χ1v) is 11.0. The first-order chi connectivity index (χ1) is 13.5. The smallest absolute Gasteiger partial charge is 0.233 e. The Balaban J connectivity index is 1.29. The van der Waals surface area contributed by atoms with E-state index in [1.807, 2.05) is 23.7 Å². The van der Waals surface area contributed by atoms with E-state index in [2.05, 4.69) is 44.4 Å². The molecule has 2 heterocycles.